The first kappa shape index (κ1) is 10.6. The SMILES string of the molecule is COc1c(C)c(C)cc(C)c1CBr. The van der Waals surface area contributed by atoms with Gasteiger partial charge >= 0.3 is 0 Å². The second-order valence-corrected chi connectivity index (χ2v) is 3.84. The van der Waals surface area contributed by atoms with Crippen LogP contribution in [0.15, 0.2) is 6.07 Å². The van der Waals surface area contributed by atoms with E-state index in [1.165, 1.54) is 22.3 Å². The fourth-order valence-electron chi connectivity index (χ4n) is 1.55. The van der Waals surface area contributed by atoms with E-state index in [0.717, 1.165) is 11.1 Å². The summed E-state index contributed by atoms with van der Waals surface area (Å²) in [7, 11) is 1.73. The van der Waals surface area contributed by atoms with Crippen LogP contribution in [0.3, 0.4) is 0 Å². The molecule has 0 bridgehead atoms. The number of ether oxygens (including phenoxy) is 1. The third-order valence-corrected chi connectivity index (χ3v) is 3.01. The summed E-state index contributed by atoms with van der Waals surface area (Å²) in [5.74, 6) is 1.02. The average Bonchev–Trinajstić information content (AvgIpc) is 2.10. The first-order valence-electron chi connectivity index (χ1n) is 4.31. The van der Waals surface area contributed by atoms with Gasteiger partial charge in [0.1, 0.15) is 5.75 Å². The molecule has 0 saturated heterocycles. The lowest BCUT2D eigenvalue weighted by atomic mass is 10.0. The fourth-order valence-corrected chi connectivity index (χ4v) is 2.24. The van der Waals surface area contributed by atoms with Gasteiger partial charge < -0.3 is 4.74 Å². The van der Waals surface area contributed by atoms with Gasteiger partial charge in [0.2, 0.25) is 0 Å². The molecule has 0 aliphatic rings. The quantitative estimate of drug-likeness (QED) is 0.722. The number of aryl methyl sites for hydroxylation is 2. The average molecular weight is 243 g/mol. The molecule has 1 aromatic rings. The van der Waals surface area contributed by atoms with Crippen molar-refractivity contribution >= 4 is 15.9 Å². The molecule has 72 valence electrons. The Morgan fingerprint density at radius 2 is 1.85 bits per heavy atom. The monoisotopic (exact) mass is 242 g/mol. The molecule has 0 heterocycles. The third-order valence-electron chi connectivity index (χ3n) is 2.45. The van der Waals surface area contributed by atoms with Crippen molar-refractivity contribution in [3.63, 3.8) is 0 Å². The van der Waals surface area contributed by atoms with E-state index < -0.39 is 0 Å². The summed E-state index contributed by atoms with van der Waals surface area (Å²) in [5, 5.41) is 0.850. The predicted molar refractivity (Wildman–Crippen MR) is 59.8 cm³/mol. The Balaban J connectivity index is 3.41. The van der Waals surface area contributed by atoms with E-state index in [4.69, 9.17) is 4.74 Å². The van der Waals surface area contributed by atoms with Crippen LogP contribution in [0.25, 0.3) is 0 Å². The third kappa shape index (κ3) is 1.88. The van der Waals surface area contributed by atoms with Gasteiger partial charge in [-0.05, 0) is 37.5 Å². The molecule has 0 spiro atoms. The van der Waals surface area contributed by atoms with Crippen molar-refractivity contribution in [1.29, 1.82) is 0 Å². The molecule has 0 amide bonds. The molecule has 2 heteroatoms. The molecule has 0 unspecified atom stereocenters. The highest BCUT2D eigenvalue weighted by Gasteiger charge is 2.10. The van der Waals surface area contributed by atoms with Crippen molar-refractivity contribution in [2.75, 3.05) is 7.11 Å². The molecule has 0 fully saturated rings. The van der Waals surface area contributed by atoms with Gasteiger partial charge in [-0.15, -0.1) is 0 Å². The van der Waals surface area contributed by atoms with Gasteiger partial charge in [-0.1, -0.05) is 22.0 Å². The largest absolute Gasteiger partial charge is 0.496 e. The van der Waals surface area contributed by atoms with Crippen molar-refractivity contribution in [3.05, 3.63) is 28.3 Å². The number of hydrogen-bond acceptors (Lipinski definition) is 1. The van der Waals surface area contributed by atoms with Crippen molar-refractivity contribution in [2.45, 2.75) is 26.1 Å². The summed E-state index contributed by atoms with van der Waals surface area (Å²) >= 11 is 3.48. The highest BCUT2D eigenvalue weighted by Crippen LogP contribution is 2.30. The van der Waals surface area contributed by atoms with Gasteiger partial charge in [0.05, 0.1) is 7.11 Å². The second-order valence-electron chi connectivity index (χ2n) is 3.28. The van der Waals surface area contributed by atoms with Crippen LogP contribution < -0.4 is 4.74 Å². The smallest absolute Gasteiger partial charge is 0.126 e. The number of methoxy groups -OCH3 is 1. The van der Waals surface area contributed by atoms with Gasteiger partial charge in [0.25, 0.3) is 0 Å². The van der Waals surface area contributed by atoms with Crippen LogP contribution in [0.5, 0.6) is 5.75 Å². The highest BCUT2D eigenvalue weighted by atomic mass is 79.9. The minimum absolute atomic E-state index is 0.850. The van der Waals surface area contributed by atoms with E-state index in [2.05, 4.69) is 42.8 Å². The van der Waals surface area contributed by atoms with E-state index >= 15 is 0 Å². The molecule has 0 aliphatic heterocycles. The summed E-state index contributed by atoms with van der Waals surface area (Å²) in [6.45, 7) is 6.33. The maximum atomic E-state index is 5.40. The maximum absolute atomic E-state index is 5.40. The lowest BCUT2D eigenvalue weighted by molar-refractivity contribution is 0.407. The summed E-state index contributed by atoms with van der Waals surface area (Å²) in [5.41, 5.74) is 5.07. The standard InChI is InChI=1S/C11H15BrO/c1-7-5-8(2)10(6-12)11(13-4)9(7)3/h5H,6H2,1-4H3. The number of alkyl halides is 1. The van der Waals surface area contributed by atoms with Gasteiger partial charge in [0.15, 0.2) is 0 Å². The Labute approximate surface area is 88.2 Å². The minimum atomic E-state index is 0.850. The Kier molecular flexibility index (Phi) is 3.37. The highest BCUT2D eigenvalue weighted by molar-refractivity contribution is 9.08. The fraction of sp³-hybridized carbons (Fsp3) is 0.455. The van der Waals surface area contributed by atoms with Crippen molar-refractivity contribution in [1.82, 2.24) is 0 Å². The molecule has 0 N–H and O–H groups in total. The topological polar surface area (TPSA) is 9.23 Å². The van der Waals surface area contributed by atoms with Crippen molar-refractivity contribution in [3.8, 4) is 5.75 Å². The molecule has 0 aromatic heterocycles. The van der Waals surface area contributed by atoms with Gasteiger partial charge in [-0.2, -0.15) is 0 Å². The minimum Gasteiger partial charge on any atom is -0.496 e. The van der Waals surface area contributed by atoms with Crippen LogP contribution in [-0.2, 0) is 5.33 Å². The zero-order valence-corrected chi connectivity index (χ0v) is 10.2. The Bertz CT molecular complexity index is 318. The lowest BCUT2D eigenvalue weighted by Gasteiger charge is -2.14. The summed E-state index contributed by atoms with van der Waals surface area (Å²) in [6.07, 6.45) is 0. The van der Waals surface area contributed by atoms with E-state index in [1.54, 1.807) is 7.11 Å². The van der Waals surface area contributed by atoms with E-state index in [-0.39, 0.29) is 0 Å². The molecule has 0 radical (unpaired) electrons. The molecule has 1 aromatic carbocycles. The van der Waals surface area contributed by atoms with Crippen LogP contribution >= 0.6 is 15.9 Å². The van der Waals surface area contributed by atoms with Gasteiger partial charge in [-0.3, -0.25) is 0 Å². The van der Waals surface area contributed by atoms with Crippen LogP contribution in [0.4, 0.5) is 0 Å². The lowest BCUT2D eigenvalue weighted by Crippen LogP contribution is -1.98. The number of hydrogen-bond donors (Lipinski definition) is 0. The van der Waals surface area contributed by atoms with E-state index in [1.807, 2.05) is 0 Å². The summed E-state index contributed by atoms with van der Waals surface area (Å²) in [4.78, 5) is 0. The van der Waals surface area contributed by atoms with Crippen molar-refractivity contribution in [2.24, 2.45) is 0 Å². The zero-order chi connectivity index (χ0) is 10.0. The molecule has 0 saturated carbocycles. The molecule has 0 aliphatic carbocycles. The van der Waals surface area contributed by atoms with E-state index in [9.17, 15) is 0 Å². The summed E-state index contributed by atoms with van der Waals surface area (Å²) < 4.78 is 5.40. The molecular weight excluding hydrogens is 228 g/mol. The Morgan fingerprint density at radius 1 is 1.23 bits per heavy atom. The van der Waals surface area contributed by atoms with Crippen LogP contribution in [0.2, 0.25) is 0 Å². The molecule has 1 nitrogen and oxygen atoms in total. The number of rotatable bonds is 2. The first-order valence-corrected chi connectivity index (χ1v) is 5.43. The maximum Gasteiger partial charge on any atom is 0.126 e. The van der Waals surface area contributed by atoms with E-state index in [0.29, 0.717) is 0 Å². The first-order chi connectivity index (χ1) is 6.11. The normalized spacial score (nSPS) is 10.2. The van der Waals surface area contributed by atoms with Gasteiger partial charge in [-0.25, -0.2) is 0 Å². The molecule has 13 heavy (non-hydrogen) atoms. The van der Waals surface area contributed by atoms with Crippen LogP contribution in [-0.4, -0.2) is 7.11 Å². The van der Waals surface area contributed by atoms with Crippen LogP contribution in [0.1, 0.15) is 22.3 Å². The predicted octanol–water partition coefficient (Wildman–Crippen LogP) is 3.52. The molecule has 0 atom stereocenters. The van der Waals surface area contributed by atoms with Gasteiger partial charge in [0, 0.05) is 10.9 Å². The molecular formula is C11H15BrO. The zero-order valence-electron chi connectivity index (χ0n) is 8.57. The summed E-state index contributed by atoms with van der Waals surface area (Å²) in [6, 6.07) is 2.20. The second kappa shape index (κ2) is 4.14. The van der Waals surface area contributed by atoms with Crippen molar-refractivity contribution < 1.29 is 4.74 Å². The number of halogens is 1. The Hall–Kier alpha value is -0.500. The Morgan fingerprint density at radius 3 is 2.31 bits per heavy atom. The van der Waals surface area contributed by atoms with Crippen LogP contribution in [0, 0.1) is 20.8 Å². The number of benzene rings is 1. The molecule has 1 rings (SSSR count).